The maximum atomic E-state index is 12.1. The third-order valence-electron chi connectivity index (χ3n) is 5.85. The molecule has 6 nitrogen and oxygen atoms in total. The predicted octanol–water partition coefficient (Wildman–Crippen LogP) is 7.05. The highest BCUT2D eigenvalue weighted by molar-refractivity contribution is 5.78. The van der Waals surface area contributed by atoms with Gasteiger partial charge in [0.1, 0.15) is 0 Å². The van der Waals surface area contributed by atoms with Crippen LogP contribution in [0.4, 0.5) is 11.4 Å². The Hall–Kier alpha value is -3.02. The molecule has 0 fully saturated rings. The Balaban J connectivity index is 2.55. The molecular formula is C28H38N2O4. The van der Waals surface area contributed by atoms with Crippen molar-refractivity contribution < 1.29 is 19.1 Å². The fraction of sp³-hybridized carbons (Fsp3) is 0.500. The molecule has 0 saturated heterocycles. The van der Waals surface area contributed by atoms with Gasteiger partial charge < -0.3 is 9.47 Å². The number of nitrogens with zero attached hydrogens (tertiary/aromatic N) is 2. The smallest absolute Gasteiger partial charge is 0.312 e. The molecule has 0 spiro atoms. The first-order chi connectivity index (χ1) is 16.1. The van der Waals surface area contributed by atoms with E-state index in [1.165, 1.54) is 14.2 Å². The summed E-state index contributed by atoms with van der Waals surface area (Å²) in [6.07, 6.45) is 1.69. The largest absolute Gasteiger partial charge is 0.469 e. The number of azo groups is 1. The molecule has 2 aromatic rings. The van der Waals surface area contributed by atoms with Crippen LogP contribution in [0.2, 0.25) is 0 Å². The molecule has 0 saturated carbocycles. The zero-order valence-electron chi connectivity index (χ0n) is 21.7. The predicted molar refractivity (Wildman–Crippen MR) is 135 cm³/mol. The van der Waals surface area contributed by atoms with E-state index >= 15 is 0 Å². The summed E-state index contributed by atoms with van der Waals surface area (Å²) in [5.74, 6) is -0.482. The van der Waals surface area contributed by atoms with Gasteiger partial charge in [0, 0.05) is 0 Å². The molecule has 34 heavy (non-hydrogen) atoms. The van der Waals surface area contributed by atoms with E-state index in [-0.39, 0.29) is 11.9 Å². The van der Waals surface area contributed by atoms with Crippen LogP contribution in [0.3, 0.4) is 0 Å². The third kappa shape index (κ3) is 7.24. The van der Waals surface area contributed by atoms with Crippen molar-refractivity contribution in [2.45, 2.75) is 66.2 Å². The Morgan fingerprint density at radius 2 is 1.03 bits per heavy atom. The molecule has 184 valence electrons. The monoisotopic (exact) mass is 466 g/mol. The van der Waals surface area contributed by atoms with Crippen molar-refractivity contribution in [1.82, 2.24) is 0 Å². The van der Waals surface area contributed by atoms with Crippen molar-refractivity contribution >= 4 is 23.3 Å². The molecule has 0 aromatic heterocycles. The van der Waals surface area contributed by atoms with E-state index in [1.54, 1.807) is 0 Å². The van der Waals surface area contributed by atoms with Gasteiger partial charge in [-0.15, -0.1) is 0 Å². The second-order valence-electron chi connectivity index (χ2n) is 9.66. The number of hydrogen-bond acceptors (Lipinski definition) is 6. The standard InChI is InChI=1S/C28H38N2O4/c1-17(2)13-23-11-9-21(19(5)27(31)33-7)15-25(23)29-30-26-16-22(20(6)28(32)34-8)10-12-24(26)14-18(3)4/h9-12,15-20H,13-14H2,1-8H3. The van der Waals surface area contributed by atoms with Gasteiger partial charge in [-0.2, -0.15) is 10.2 Å². The average molecular weight is 467 g/mol. The normalized spacial score (nSPS) is 13.4. The number of hydrogen-bond donors (Lipinski definition) is 0. The minimum absolute atomic E-state index is 0.289. The van der Waals surface area contributed by atoms with Crippen molar-refractivity contribution in [3.63, 3.8) is 0 Å². The van der Waals surface area contributed by atoms with Gasteiger partial charge in [-0.25, -0.2) is 0 Å². The molecule has 2 atom stereocenters. The first kappa shape index (κ1) is 27.2. The van der Waals surface area contributed by atoms with E-state index < -0.39 is 11.8 Å². The SMILES string of the molecule is COC(=O)C(C)c1ccc(CC(C)C)c(N=Nc2cc(C(C)C(=O)OC)ccc2CC(C)C)c1. The van der Waals surface area contributed by atoms with Gasteiger partial charge in [0.05, 0.1) is 37.4 Å². The molecule has 0 amide bonds. The van der Waals surface area contributed by atoms with Crippen LogP contribution in [-0.2, 0) is 31.9 Å². The van der Waals surface area contributed by atoms with E-state index in [0.29, 0.717) is 11.8 Å². The van der Waals surface area contributed by atoms with Crippen LogP contribution in [0.5, 0.6) is 0 Å². The Labute approximate surface area is 203 Å². The van der Waals surface area contributed by atoms with Gasteiger partial charge in [-0.1, -0.05) is 52.0 Å². The number of carbonyl (C=O) groups excluding carboxylic acids is 2. The maximum Gasteiger partial charge on any atom is 0.312 e. The molecule has 2 rings (SSSR count). The highest BCUT2D eigenvalue weighted by atomic mass is 16.5. The van der Waals surface area contributed by atoms with E-state index in [1.807, 2.05) is 50.2 Å². The average Bonchev–Trinajstić information content (AvgIpc) is 2.81. The minimum Gasteiger partial charge on any atom is -0.469 e. The molecule has 0 aliphatic carbocycles. The van der Waals surface area contributed by atoms with Crippen molar-refractivity contribution in [1.29, 1.82) is 0 Å². The first-order valence-electron chi connectivity index (χ1n) is 11.9. The first-order valence-corrected chi connectivity index (χ1v) is 11.9. The van der Waals surface area contributed by atoms with Crippen LogP contribution in [0.15, 0.2) is 46.6 Å². The van der Waals surface area contributed by atoms with Crippen molar-refractivity contribution in [2.75, 3.05) is 14.2 Å². The van der Waals surface area contributed by atoms with Gasteiger partial charge >= 0.3 is 11.9 Å². The van der Waals surface area contributed by atoms with Crippen LogP contribution in [0.25, 0.3) is 0 Å². The Kier molecular flexibility index (Phi) is 9.97. The lowest BCUT2D eigenvalue weighted by molar-refractivity contribution is -0.142. The van der Waals surface area contributed by atoms with E-state index in [9.17, 15) is 9.59 Å². The van der Waals surface area contributed by atoms with Crippen LogP contribution >= 0.6 is 0 Å². The maximum absolute atomic E-state index is 12.1. The number of benzene rings is 2. The third-order valence-corrected chi connectivity index (χ3v) is 5.85. The van der Waals surface area contributed by atoms with Gasteiger partial charge in [0.15, 0.2) is 0 Å². The molecular weight excluding hydrogens is 428 g/mol. The van der Waals surface area contributed by atoms with Crippen LogP contribution in [-0.4, -0.2) is 26.2 Å². The van der Waals surface area contributed by atoms with E-state index in [0.717, 1.165) is 46.5 Å². The highest BCUT2D eigenvalue weighted by Crippen LogP contribution is 2.32. The Morgan fingerprint density at radius 1 is 0.676 bits per heavy atom. The Bertz CT molecular complexity index is 946. The molecule has 0 N–H and O–H groups in total. The summed E-state index contributed by atoms with van der Waals surface area (Å²) in [4.78, 5) is 24.2. The van der Waals surface area contributed by atoms with Crippen LogP contribution in [0, 0.1) is 11.8 Å². The minimum atomic E-state index is -0.396. The second kappa shape index (κ2) is 12.4. The molecule has 0 aliphatic heterocycles. The van der Waals surface area contributed by atoms with Gasteiger partial charge in [-0.3, -0.25) is 9.59 Å². The summed E-state index contributed by atoms with van der Waals surface area (Å²) in [7, 11) is 2.79. The van der Waals surface area contributed by atoms with E-state index in [4.69, 9.17) is 9.47 Å². The highest BCUT2D eigenvalue weighted by Gasteiger charge is 2.19. The molecule has 6 heteroatoms. The number of carbonyl (C=O) groups is 2. The zero-order chi connectivity index (χ0) is 25.4. The molecule has 0 radical (unpaired) electrons. The van der Waals surface area contributed by atoms with Gasteiger partial charge in [-0.05, 0) is 72.9 Å². The van der Waals surface area contributed by atoms with Crippen molar-refractivity contribution in [3.8, 4) is 0 Å². The van der Waals surface area contributed by atoms with Crippen LogP contribution < -0.4 is 0 Å². The molecule has 2 aromatic carbocycles. The summed E-state index contributed by atoms with van der Waals surface area (Å²) in [6.45, 7) is 12.3. The molecule has 0 bridgehead atoms. The van der Waals surface area contributed by atoms with Gasteiger partial charge in [0.2, 0.25) is 0 Å². The lowest BCUT2D eigenvalue weighted by Gasteiger charge is -2.15. The second-order valence-corrected chi connectivity index (χ2v) is 9.66. The molecule has 0 aliphatic rings. The summed E-state index contributed by atoms with van der Waals surface area (Å²) >= 11 is 0. The van der Waals surface area contributed by atoms with Crippen molar-refractivity contribution in [3.05, 3.63) is 58.7 Å². The quantitative estimate of drug-likeness (QED) is 0.278. The zero-order valence-corrected chi connectivity index (χ0v) is 21.7. The molecule has 0 heterocycles. The summed E-state index contributed by atoms with van der Waals surface area (Å²) < 4.78 is 9.83. The number of methoxy groups -OCH3 is 2. The molecule has 2 unspecified atom stereocenters. The topological polar surface area (TPSA) is 77.3 Å². The fourth-order valence-corrected chi connectivity index (χ4v) is 3.84. The summed E-state index contributed by atoms with van der Waals surface area (Å²) in [5, 5.41) is 9.30. The van der Waals surface area contributed by atoms with E-state index in [2.05, 4.69) is 37.9 Å². The van der Waals surface area contributed by atoms with Crippen molar-refractivity contribution in [2.24, 2.45) is 22.1 Å². The summed E-state index contributed by atoms with van der Waals surface area (Å²) in [5.41, 5.74) is 5.30. The number of rotatable bonds is 10. The number of ether oxygens (including phenoxy) is 2. The summed E-state index contributed by atoms with van der Waals surface area (Å²) in [6, 6.07) is 11.8. The fourth-order valence-electron chi connectivity index (χ4n) is 3.84. The number of esters is 2. The lowest BCUT2D eigenvalue weighted by Crippen LogP contribution is -2.11. The van der Waals surface area contributed by atoms with Gasteiger partial charge in [0.25, 0.3) is 0 Å². The van der Waals surface area contributed by atoms with Crippen LogP contribution in [0.1, 0.15) is 75.6 Å². The lowest BCUT2D eigenvalue weighted by atomic mass is 9.95. The Morgan fingerprint density at radius 3 is 1.32 bits per heavy atom.